The summed E-state index contributed by atoms with van der Waals surface area (Å²) in [6.07, 6.45) is 0.592. The van der Waals surface area contributed by atoms with Crippen molar-refractivity contribution < 1.29 is 22.3 Å². The van der Waals surface area contributed by atoms with E-state index in [0.29, 0.717) is 26.2 Å². The summed E-state index contributed by atoms with van der Waals surface area (Å²) in [4.78, 5) is 11.7. The van der Waals surface area contributed by atoms with Crippen LogP contribution < -0.4 is 10.0 Å². The van der Waals surface area contributed by atoms with Crippen molar-refractivity contribution in [2.24, 2.45) is 0 Å². The van der Waals surface area contributed by atoms with Crippen LogP contribution in [0.4, 0.5) is 4.39 Å². The summed E-state index contributed by atoms with van der Waals surface area (Å²) < 4.78 is 43.6. The molecular formula is C14H21FN2O4S. The topological polar surface area (TPSA) is 84.5 Å². The fourth-order valence-electron chi connectivity index (χ4n) is 1.62. The second kappa shape index (κ2) is 9.50. The zero-order valence-electron chi connectivity index (χ0n) is 12.5. The molecule has 1 amide bonds. The summed E-state index contributed by atoms with van der Waals surface area (Å²) in [7, 11) is -3.43. The largest absolute Gasteiger partial charge is 0.382 e. The number of hydrogen-bond donors (Lipinski definition) is 2. The van der Waals surface area contributed by atoms with Gasteiger partial charge < -0.3 is 10.1 Å². The molecule has 0 aliphatic heterocycles. The van der Waals surface area contributed by atoms with Gasteiger partial charge >= 0.3 is 0 Å². The van der Waals surface area contributed by atoms with Crippen LogP contribution in [0.3, 0.4) is 0 Å². The second-order valence-corrected chi connectivity index (χ2v) is 6.45. The van der Waals surface area contributed by atoms with Gasteiger partial charge in [-0.2, -0.15) is 0 Å². The highest BCUT2D eigenvalue weighted by atomic mass is 32.2. The van der Waals surface area contributed by atoms with E-state index >= 15 is 0 Å². The van der Waals surface area contributed by atoms with Crippen molar-refractivity contribution in [2.75, 3.05) is 32.1 Å². The third-order valence-electron chi connectivity index (χ3n) is 2.75. The van der Waals surface area contributed by atoms with Gasteiger partial charge in [0.2, 0.25) is 10.0 Å². The lowest BCUT2D eigenvalue weighted by Crippen LogP contribution is -2.35. The van der Waals surface area contributed by atoms with Gasteiger partial charge in [-0.3, -0.25) is 4.79 Å². The van der Waals surface area contributed by atoms with Gasteiger partial charge in [-0.15, -0.1) is 0 Å². The highest BCUT2D eigenvalue weighted by Crippen LogP contribution is 2.02. The van der Waals surface area contributed by atoms with Crippen molar-refractivity contribution in [1.29, 1.82) is 0 Å². The summed E-state index contributed by atoms with van der Waals surface area (Å²) in [6, 6.07) is 5.02. The van der Waals surface area contributed by atoms with E-state index in [1.54, 1.807) is 0 Å². The van der Waals surface area contributed by atoms with Crippen LogP contribution in [-0.4, -0.2) is 46.4 Å². The lowest BCUT2D eigenvalue weighted by atomic mass is 10.2. The molecule has 2 N–H and O–H groups in total. The predicted octanol–water partition coefficient (Wildman–Crippen LogP) is 0.902. The number of amides is 1. The summed E-state index contributed by atoms with van der Waals surface area (Å²) in [5.74, 6) is -1.09. The van der Waals surface area contributed by atoms with Gasteiger partial charge in [-0.1, -0.05) is 0 Å². The lowest BCUT2D eigenvalue weighted by Gasteiger charge is -2.08. The molecule has 8 heteroatoms. The average molecular weight is 332 g/mol. The normalized spacial score (nSPS) is 11.4. The summed E-state index contributed by atoms with van der Waals surface area (Å²) in [5, 5.41) is 2.48. The van der Waals surface area contributed by atoms with E-state index < -0.39 is 21.7 Å². The minimum absolute atomic E-state index is 0.0169. The number of hydrogen-bond acceptors (Lipinski definition) is 4. The molecule has 0 atom stereocenters. The molecule has 1 aromatic rings. The van der Waals surface area contributed by atoms with Crippen molar-refractivity contribution >= 4 is 15.9 Å². The Hall–Kier alpha value is -1.51. The standard InChI is InChI=1S/C14H21FN2O4S/c1-2-21-10-3-8-17-22(19,20)11-9-16-14(18)12-4-6-13(15)7-5-12/h4-7,17H,2-3,8-11H2,1H3,(H,16,18). The summed E-state index contributed by atoms with van der Waals surface area (Å²) in [6.45, 7) is 3.25. The van der Waals surface area contributed by atoms with Gasteiger partial charge in [0.05, 0.1) is 5.75 Å². The van der Waals surface area contributed by atoms with E-state index in [2.05, 4.69) is 10.0 Å². The second-order valence-electron chi connectivity index (χ2n) is 4.53. The molecule has 0 spiro atoms. The van der Waals surface area contributed by atoms with E-state index in [1.165, 1.54) is 24.3 Å². The Kier molecular flexibility index (Phi) is 8.00. The van der Waals surface area contributed by atoms with E-state index in [-0.39, 0.29) is 17.9 Å². The SMILES string of the molecule is CCOCCCNS(=O)(=O)CCNC(=O)c1ccc(F)cc1. The molecule has 0 heterocycles. The molecule has 22 heavy (non-hydrogen) atoms. The fourth-order valence-corrected chi connectivity index (χ4v) is 2.59. The van der Waals surface area contributed by atoms with Gasteiger partial charge in [0.1, 0.15) is 5.82 Å². The highest BCUT2D eigenvalue weighted by molar-refractivity contribution is 7.89. The van der Waals surface area contributed by atoms with Crippen molar-refractivity contribution in [3.05, 3.63) is 35.6 Å². The first-order valence-electron chi connectivity index (χ1n) is 7.03. The Morgan fingerprint density at radius 2 is 1.91 bits per heavy atom. The number of nitrogens with one attached hydrogen (secondary N) is 2. The van der Waals surface area contributed by atoms with Crippen molar-refractivity contribution in [2.45, 2.75) is 13.3 Å². The Morgan fingerprint density at radius 1 is 1.23 bits per heavy atom. The van der Waals surface area contributed by atoms with Crippen LogP contribution in [-0.2, 0) is 14.8 Å². The summed E-state index contributed by atoms with van der Waals surface area (Å²) >= 11 is 0. The van der Waals surface area contributed by atoms with Crippen LogP contribution in [0.25, 0.3) is 0 Å². The first kappa shape index (κ1) is 18.5. The third-order valence-corrected chi connectivity index (χ3v) is 4.14. The first-order valence-corrected chi connectivity index (χ1v) is 8.68. The maximum absolute atomic E-state index is 12.7. The van der Waals surface area contributed by atoms with Crippen LogP contribution in [0.1, 0.15) is 23.7 Å². The summed E-state index contributed by atoms with van der Waals surface area (Å²) in [5.41, 5.74) is 0.281. The third kappa shape index (κ3) is 7.48. The number of sulfonamides is 1. The number of carbonyl (C=O) groups excluding carboxylic acids is 1. The number of ether oxygens (including phenoxy) is 1. The molecule has 0 saturated carbocycles. The molecule has 0 aromatic heterocycles. The number of carbonyl (C=O) groups is 1. The average Bonchev–Trinajstić information content (AvgIpc) is 2.47. The van der Waals surface area contributed by atoms with Crippen molar-refractivity contribution in [3.63, 3.8) is 0 Å². The van der Waals surface area contributed by atoms with Crippen LogP contribution >= 0.6 is 0 Å². The molecular weight excluding hydrogens is 311 g/mol. The van der Waals surface area contributed by atoms with Gasteiger partial charge in [0, 0.05) is 31.9 Å². The van der Waals surface area contributed by atoms with E-state index in [0.717, 1.165) is 0 Å². The van der Waals surface area contributed by atoms with Gasteiger partial charge in [-0.05, 0) is 37.6 Å². The smallest absolute Gasteiger partial charge is 0.251 e. The number of rotatable bonds is 10. The minimum Gasteiger partial charge on any atom is -0.382 e. The molecule has 1 rings (SSSR count). The molecule has 0 bridgehead atoms. The van der Waals surface area contributed by atoms with E-state index in [4.69, 9.17) is 4.74 Å². The van der Waals surface area contributed by atoms with Crippen LogP contribution in [0.5, 0.6) is 0 Å². The van der Waals surface area contributed by atoms with E-state index in [1.807, 2.05) is 6.92 Å². The van der Waals surface area contributed by atoms with Gasteiger partial charge in [0.25, 0.3) is 5.91 Å². The Morgan fingerprint density at radius 3 is 2.55 bits per heavy atom. The van der Waals surface area contributed by atoms with Gasteiger partial charge in [0.15, 0.2) is 0 Å². The molecule has 0 fully saturated rings. The van der Waals surface area contributed by atoms with Crippen molar-refractivity contribution in [3.8, 4) is 0 Å². The predicted molar refractivity (Wildman–Crippen MR) is 81.6 cm³/mol. The lowest BCUT2D eigenvalue weighted by molar-refractivity contribution is 0.0956. The monoisotopic (exact) mass is 332 g/mol. The molecule has 0 radical (unpaired) electrons. The zero-order chi connectivity index (χ0) is 16.4. The quantitative estimate of drug-likeness (QED) is 0.624. The first-order chi connectivity index (χ1) is 10.4. The Balaban J connectivity index is 2.27. The molecule has 0 saturated heterocycles. The fraction of sp³-hybridized carbons (Fsp3) is 0.500. The Bertz CT molecular complexity index is 561. The molecule has 0 aliphatic carbocycles. The molecule has 6 nitrogen and oxygen atoms in total. The number of benzene rings is 1. The maximum atomic E-state index is 12.7. The molecule has 0 aliphatic rings. The molecule has 124 valence electrons. The van der Waals surface area contributed by atoms with Crippen LogP contribution in [0.2, 0.25) is 0 Å². The van der Waals surface area contributed by atoms with E-state index in [9.17, 15) is 17.6 Å². The van der Waals surface area contributed by atoms with Crippen molar-refractivity contribution in [1.82, 2.24) is 10.0 Å². The molecule has 0 unspecified atom stereocenters. The number of halogens is 1. The van der Waals surface area contributed by atoms with Gasteiger partial charge in [-0.25, -0.2) is 17.5 Å². The Labute approximate surface area is 130 Å². The zero-order valence-corrected chi connectivity index (χ0v) is 13.3. The minimum atomic E-state index is -3.43. The van der Waals surface area contributed by atoms with Crippen LogP contribution in [0.15, 0.2) is 24.3 Å². The maximum Gasteiger partial charge on any atom is 0.251 e. The highest BCUT2D eigenvalue weighted by Gasteiger charge is 2.11. The molecule has 1 aromatic carbocycles. The van der Waals surface area contributed by atoms with Crippen LogP contribution in [0, 0.1) is 5.82 Å².